The first-order valence-corrected chi connectivity index (χ1v) is 9.58. The monoisotopic (exact) mass is 418 g/mol. The molecule has 1 spiro atoms. The van der Waals surface area contributed by atoms with Gasteiger partial charge in [-0.25, -0.2) is 4.79 Å². The van der Waals surface area contributed by atoms with E-state index < -0.39 is 23.6 Å². The maximum absolute atomic E-state index is 13.0. The molecular formula is C20H19ClN2O6. The summed E-state index contributed by atoms with van der Waals surface area (Å²) in [5, 5.41) is 9.95. The molecule has 1 aromatic carbocycles. The van der Waals surface area contributed by atoms with E-state index in [4.69, 9.17) is 20.8 Å². The van der Waals surface area contributed by atoms with Crippen molar-refractivity contribution in [2.75, 3.05) is 19.7 Å². The van der Waals surface area contributed by atoms with Crippen molar-refractivity contribution in [2.24, 2.45) is 0 Å². The Labute approximate surface area is 171 Å². The molecule has 3 heterocycles. The molecule has 1 N–H and O–H groups in total. The molecule has 2 amide bonds. The number of hydrogen-bond acceptors (Lipinski definition) is 5. The van der Waals surface area contributed by atoms with Gasteiger partial charge in [0.1, 0.15) is 5.72 Å². The zero-order valence-corrected chi connectivity index (χ0v) is 16.2. The number of hydrogen-bond donors (Lipinski definition) is 1. The lowest BCUT2D eigenvalue weighted by atomic mass is 9.96. The largest absolute Gasteiger partial charge is 0.480 e. The SMILES string of the molecule is O=C(O)[C@@H]1COC2(CCN(C(=O)c3ccccc3Cl)CC2)N1C(=O)c1ccco1. The second-order valence-corrected chi connectivity index (χ2v) is 7.44. The normalized spacial score (nSPS) is 20.8. The summed E-state index contributed by atoms with van der Waals surface area (Å²) in [6.45, 7) is 0.497. The highest BCUT2D eigenvalue weighted by Crippen LogP contribution is 2.39. The zero-order valence-electron chi connectivity index (χ0n) is 15.4. The highest BCUT2D eigenvalue weighted by molar-refractivity contribution is 6.33. The number of ether oxygens (including phenoxy) is 1. The van der Waals surface area contributed by atoms with E-state index in [0.29, 0.717) is 36.5 Å². The van der Waals surface area contributed by atoms with Gasteiger partial charge in [-0.3, -0.25) is 14.5 Å². The van der Waals surface area contributed by atoms with E-state index in [1.807, 2.05) is 0 Å². The van der Waals surface area contributed by atoms with Gasteiger partial charge in [-0.1, -0.05) is 23.7 Å². The summed E-state index contributed by atoms with van der Waals surface area (Å²) in [4.78, 5) is 40.4. The van der Waals surface area contributed by atoms with Crippen molar-refractivity contribution in [3.63, 3.8) is 0 Å². The third-order valence-electron chi connectivity index (χ3n) is 5.43. The second-order valence-electron chi connectivity index (χ2n) is 7.04. The van der Waals surface area contributed by atoms with Gasteiger partial charge in [-0.15, -0.1) is 0 Å². The minimum atomic E-state index is -1.14. The van der Waals surface area contributed by atoms with Gasteiger partial charge in [-0.2, -0.15) is 0 Å². The molecule has 2 aliphatic rings. The van der Waals surface area contributed by atoms with Gasteiger partial charge < -0.3 is 19.2 Å². The lowest BCUT2D eigenvalue weighted by molar-refractivity contribution is -0.143. The molecule has 1 atom stereocenters. The molecule has 2 aromatic rings. The van der Waals surface area contributed by atoms with Crippen molar-refractivity contribution in [1.82, 2.24) is 9.80 Å². The molecule has 2 fully saturated rings. The van der Waals surface area contributed by atoms with Crippen molar-refractivity contribution in [1.29, 1.82) is 0 Å². The first-order valence-electron chi connectivity index (χ1n) is 9.21. The number of aliphatic carboxylic acids is 1. The van der Waals surface area contributed by atoms with Crippen molar-refractivity contribution >= 4 is 29.4 Å². The Morgan fingerprint density at radius 3 is 2.41 bits per heavy atom. The van der Waals surface area contributed by atoms with Crippen molar-refractivity contribution in [2.45, 2.75) is 24.6 Å². The van der Waals surface area contributed by atoms with Gasteiger partial charge in [-0.05, 0) is 24.3 Å². The van der Waals surface area contributed by atoms with Gasteiger partial charge in [0.05, 0.1) is 23.5 Å². The average Bonchev–Trinajstić information content (AvgIpc) is 3.37. The van der Waals surface area contributed by atoms with Gasteiger partial charge >= 0.3 is 5.97 Å². The Hall–Kier alpha value is -2.84. The number of amides is 2. The maximum Gasteiger partial charge on any atom is 0.328 e. The predicted molar refractivity (Wildman–Crippen MR) is 102 cm³/mol. The summed E-state index contributed by atoms with van der Waals surface area (Å²) in [6.07, 6.45) is 1.94. The smallest absolute Gasteiger partial charge is 0.328 e. The molecule has 0 saturated carbocycles. The second kappa shape index (κ2) is 7.53. The summed E-state index contributed by atoms with van der Waals surface area (Å²) >= 11 is 6.13. The Morgan fingerprint density at radius 2 is 1.79 bits per heavy atom. The average molecular weight is 419 g/mol. The predicted octanol–water partition coefficient (Wildman–Crippen LogP) is 2.49. The van der Waals surface area contributed by atoms with E-state index in [-0.39, 0.29) is 18.3 Å². The van der Waals surface area contributed by atoms with E-state index in [1.54, 1.807) is 35.2 Å². The Balaban J connectivity index is 1.55. The number of halogens is 1. The molecule has 4 rings (SSSR count). The summed E-state index contributed by atoms with van der Waals surface area (Å²) < 4.78 is 11.0. The molecule has 0 unspecified atom stereocenters. The number of nitrogens with zero attached hydrogens (tertiary/aromatic N) is 2. The van der Waals surface area contributed by atoms with Crippen LogP contribution in [0.25, 0.3) is 0 Å². The number of benzene rings is 1. The van der Waals surface area contributed by atoms with Gasteiger partial charge in [0.15, 0.2) is 11.8 Å². The first kappa shape index (κ1) is 19.5. The van der Waals surface area contributed by atoms with Gasteiger partial charge in [0.25, 0.3) is 11.8 Å². The van der Waals surface area contributed by atoms with Crippen LogP contribution in [0.1, 0.15) is 33.8 Å². The van der Waals surface area contributed by atoms with Crippen LogP contribution in [0.15, 0.2) is 47.1 Å². The Morgan fingerprint density at radius 1 is 1.07 bits per heavy atom. The van der Waals surface area contributed by atoms with Crippen LogP contribution in [0.3, 0.4) is 0 Å². The fourth-order valence-corrected chi connectivity index (χ4v) is 4.16. The maximum atomic E-state index is 13.0. The first-order chi connectivity index (χ1) is 13.9. The van der Waals surface area contributed by atoms with Crippen LogP contribution in [0.5, 0.6) is 0 Å². The summed E-state index contributed by atoms with van der Waals surface area (Å²) in [5.41, 5.74) is -0.686. The van der Waals surface area contributed by atoms with E-state index >= 15 is 0 Å². The van der Waals surface area contributed by atoms with Crippen LogP contribution in [0.4, 0.5) is 0 Å². The molecular weight excluding hydrogens is 400 g/mol. The number of carboxylic acids is 1. The number of carbonyl (C=O) groups excluding carboxylic acids is 2. The highest BCUT2D eigenvalue weighted by atomic mass is 35.5. The fraction of sp³-hybridized carbons (Fsp3) is 0.350. The molecule has 2 saturated heterocycles. The lowest BCUT2D eigenvalue weighted by Crippen LogP contribution is -2.58. The quantitative estimate of drug-likeness (QED) is 0.821. The number of likely N-dealkylation sites (tertiary alicyclic amines) is 1. The summed E-state index contributed by atoms with van der Waals surface area (Å²) in [5.74, 6) is -1.83. The van der Waals surface area contributed by atoms with Gasteiger partial charge in [0, 0.05) is 25.9 Å². The molecule has 0 aliphatic carbocycles. The number of furan rings is 1. The molecule has 8 nitrogen and oxygen atoms in total. The van der Waals surface area contributed by atoms with Crippen molar-refractivity contribution < 1.29 is 28.6 Å². The minimum absolute atomic E-state index is 0.0516. The minimum Gasteiger partial charge on any atom is -0.480 e. The molecule has 9 heteroatoms. The highest BCUT2D eigenvalue weighted by Gasteiger charge is 2.55. The fourth-order valence-electron chi connectivity index (χ4n) is 3.94. The molecule has 152 valence electrons. The summed E-state index contributed by atoms with van der Waals surface area (Å²) in [7, 11) is 0. The molecule has 0 bridgehead atoms. The molecule has 29 heavy (non-hydrogen) atoms. The van der Waals surface area contributed by atoms with Crippen molar-refractivity contribution in [3.8, 4) is 0 Å². The Bertz CT molecular complexity index is 936. The number of carbonyl (C=O) groups is 3. The molecule has 0 radical (unpaired) electrons. The topological polar surface area (TPSA) is 100 Å². The lowest BCUT2D eigenvalue weighted by Gasteiger charge is -2.44. The van der Waals surface area contributed by atoms with Crippen LogP contribution in [0, 0.1) is 0 Å². The third kappa shape index (κ3) is 3.38. The standard InChI is InChI=1S/C20H19ClN2O6/c21-14-5-2-1-4-13(14)17(24)22-9-7-20(8-10-22)23(15(12-29-20)19(26)27)18(25)16-6-3-11-28-16/h1-6,11,15H,7-10,12H2,(H,26,27)/t15-/m0/s1. The Kier molecular flexibility index (Phi) is 5.06. The van der Waals surface area contributed by atoms with Crippen LogP contribution in [0.2, 0.25) is 5.02 Å². The van der Waals surface area contributed by atoms with E-state index in [0.717, 1.165) is 0 Å². The van der Waals surface area contributed by atoms with E-state index in [1.165, 1.54) is 17.2 Å². The number of carboxylic acid groups (broad SMARTS) is 1. The zero-order chi connectivity index (χ0) is 20.6. The molecule has 1 aromatic heterocycles. The van der Waals surface area contributed by atoms with Gasteiger partial charge in [0.2, 0.25) is 0 Å². The van der Waals surface area contributed by atoms with E-state index in [9.17, 15) is 19.5 Å². The third-order valence-corrected chi connectivity index (χ3v) is 5.76. The van der Waals surface area contributed by atoms with Crippen LogP contribution >= 0.6 is 11.6 Å². The van der Waals surface area contributed by atoms with Crippen molar-refractivity contribution in [3.05, 3.63) is 59.0 Å². The summed E-state index contributed by atoms with van der Waals surface area (Å²) in [6, 6.07) is 8.75. The van der Waals surface area contributed by atoms with Crippen LogP contribution in [-0.4, -0.2) is 64.2 Å². The number of piperidine rings is 1. The van der Waals surface area contributed by atoms with Crippen LogP contribution in [-0.2, 0) is 9.53 Å². The molecule has 2 aliphatic heterocycles. The number of rotatable bonds is 3. The van der Waals surface area contributed by atoms with E-state index in [2.05, 4.69) is 0 Å². The van der Waals surface area contributed by atoms with Crippen LogP contribution < -0.4 is 0 Å².